The molecule has 0 aromatic rings. The van der Waals surface area contributed by atoms with E-state index in [9.17, 15) is 24.8 Å². The summed E-state index contributed by atoms with van der Waals surface area (Å²) in [4.78, 5) is 35.5. The highest BCUT2D eigenvalue weighted by atomic mass is 16.5. The van der Waals surface area contributed by atoms with Gasteiger partial charge >= 0.3 is 0 Å². The Hall–Kier alpha value is -2.81. The molecule has 0 heterocycles. The van der Waals surface area contributed by atoms with Crippen LogP contribution in [-0.4, -0.2) is 110 Å². The summed E-state index contributed by atoms with van der Waals surface area (Å²) in [5.74, 6) is -0.604. The molecule has 7 N–H and O–H groups in total. The minimum atomic E-state index is -0.583. The van der Waals surface area contributed by atoms with E-state index in [2.05, 4.69) is 36.9 Å². The second-order valence-electron chi connectivity index (χ2n) is 11.5. The Labute approximate surface area is 244 Å². The van der Waals surface area contributed by atoms with Crippen LogP contribution in [0.1, 0.15) is 68.2 Å². The highest BCUT2D eigenvalue weighted by molar-refractivity contribution is 5.90. The summed E-state index contributed by atoms with van der Waals surface area (Å²) in [6.45, 7) is 18.0. The van der Waals surface area contributed by atoms with Crippen molar-refractivity contribution in [2.75, 3.05) is 59.2 Å². The lowest BCUT2D eigenvalue weighted by atomic mass is 9.86. The summed E-state index contributed by atoms with van der Waals surface area (Å²) in [6, 6.07) is 0. The second kappa shape index (κ2) is 19.3. The molecule has 0 unspecified atom stereocenters. The van der Waals surface area contributed by atoms with Crippen LogP contribution in [0.2, 0.25) is 0 Å². The molecule has 0 aromatic carbocycles. The number of carbonyl (C=O) groups excluding carboxylic acids is 3. The van der Waals surface area contributed by atoms with E-state index in [0.29, 0.717) is 70.6 Å². The van der Waals surface area contributed by atoms with Crippen LogP contribution in [0.3, 0.4) is 0 Å². The fraction of sp³-hybridized carbons (Fsp3) is 0.815. The van der Waals surface area contributed by atoms with Crippen LogP contribution < -0.4 is 26.6 Å². The average molecular weight is 588 g/mol. The van der Waals surface area contributed by atoms with Crippen molar-refractivity contribution in [1.29, 1.82) is 0 Å². The molecule has 14 nitrogen and oxygen atoms in total. The minimum absolute atomic E-state index is 0.0370. The molecule has 0 aliphatic carbocycles. The van der Waals surface area contributed by atoms with Gasteiger partial charge in [0, 0.05) is 57.9 Å². The molecule has 0 saturated heterocycles. The van der Waals surface area contributed by atoms with Crippen molar-refractivity contribution in [3.8, 4) is 0 Å². The Bertz CT molecular complexity index is 842. The van der Waals surface area contributed by atoms with E-state index in [4.69, 9.17) is 9.47 Å². The standard InChI is InChI=1S/C27H53N7O7/c1-20(33-38)25(4,5)31-18-27(8,19-32-26(6,7)21(2)34-39)17-30-24(37)10-9-23(36)29-12-14-41-16-15-40-13-11-28-22(3)35/h31-32,38-39H,9-19H2,1-8H3,(H,28,35)(H,29,36)(H,30,37)/b33-20+,34-21+. The Morgan fingerprint density at radius 1 is 0.634 bits per heavy atom. The monoisotopic (exact) mass is 587 g/mol. The molecule has 238 valence electrons. The zero-order chi connectivity index (χ0) is 31.5. The van der Waals surface area contributed by atoms with Gasteiger partial charge in [-0.15, -0.1) is 0 Å². The number of ether oxygens (including phenoxy) is 2. The normalized spacial score (nSPS) is 13.2. The number of rotatable bonds is 22. The number of nitrogens with one attached hydrogen (secondary N) is 5. The van der Waals surface area contributed by atoms with Gasteiger partial charge < -0.3 is 46.5 Å². The lowest BCUT2D eigenvalue weighted by Gasteiger charge is -2.38. The molecule has 0 radical (unpaired) electrons. The van der Waals surface area contributed by atoms with Gasteiger partial charge in [-0.3, -0.25) is 14.4 Å². The first-order chi connectivity index (χ1) is 19.1. The number of nitrogens with zero attached hydrogens (tertiary/aromatic N) is 2. The quantitative estimate of drug-likeness (QED) is 0.0411. The van der Waals surface area contributed by atoms with Gasteiger partial charge in [-0.1, -0.05) is 17.2 Å². The highest BCUT2D eigenvalue weighted by Gasteiger charge is 2.32. The predicted molar refractivity (Wildman–Crippen MR) is 158 cm³/mol. The van der Waals surface area contributed by atoms with Crippen molar-refractivity contribution in [2.24, 2.45) is 15.7 Å². The van der Waals surface area contributed by atoms with Gasteiger partial charge in [0.05, 0.1) is 48.9 Å². The SMILES string of the molecule is CC(=O)NCCOCCOCCNC(=O)CCC(=O)NCC(C)(CNC(C)(C)/C(C)=N/O)CNC(C)(C)/C(C)=N/O. The molecular formula is C27H53N7O7. The highest BCUT2D eigenvalue weighted by Crippen LogP contribution is 2.18. The summed E-state index contributed by atoms with van der Waals surface area (Å²) >= 11 is 0. The zero-order valence-corrected chi connectivity index (χ0v) is 26.1. The predicted octanol–water partition coefficient (Wildman–Crippen LogP) is 0.611. The molecule has 0 saturated carbocycles. The van der Waals surface area contributed by atoms with E-state index in [1.54, 1.807) is 13.8 Å². The minimum Gasteiger partial charge on any atom is -0.411 e. The van der Waals surface area contributed by atoms with Crippen LogP contribution in [0.25, 0.3) is 0 Å². The number of amides is 3. The number of oxime groups is 2. The van der Waals surface area contributed by atoms with Gasteiger partial charge in [0.15, 0.2) is 0 Å². The molecule has 0 rings (SSSR count). The molecule has 0 aliphatic heterocycles. The Kier molecular flexibility index (Phi) is 18.0. The van der Waals surface area contributed by atoms with Gasteiger partial charge in [-0.2, -0.15) is 0 Å². The maximum Gasteiger partial charge on any atom is 0.220 e. The first kappa shape index (κ1) is 38.2. The fourth-order valence-corrected chi connectivity index (χ4v) is 3.16. The molecule has 0 aliphatic rings. The van der Waals surface area contributed by atoms with Crippen LogP contribution in [0.4, 0.5) is 0 Å². The van der Waals surface area contributed by atoms with E-state index in [1.165, 1.54) is 6.92 Å². The fourth-order valence-electron chi connectivity index (χ4n) is 3.16. The van der Waals surface area contributed by atoms with Crippen molar-refractivity contribution in [3.63, 3.8) is 0 Å². The largest absolute Gasteiger partial charge is 0.411 e. The van der Waals surface area contributed by atoms with E-state index in [-0.39, 0.29) is 30.6 Å². The van der Waals surface area contributed by atoms with Crippen molar-refractivity contribution in [1.82, 2.24) is 26.6 Å². The molecule has 14 heteroatoms. The van der Waals surface area contributed by atoms with Crippen molar-refractivity contribution in [3.05, 3.63) is 0 Å². The Balaban J connectivity index is 4.61. The van der Waals surface area contributed by atoms with Crippen molar-refractivity contribution in [2.45, 2.75) is 79.3 Å². The third kappa shape index (κ3) is 17.6. The van der Waals surface area contributed by atoms with Crippen LogP contribution in [0, 0.1) is 5.41 Å². The van der Waals surface area contributed by atoms with Gasteiger partial charge in [0.25, 0.3) is 0 Å². The Morgan fingerprint density at radius 2 is 1.05 bits per heavy atom. The maximum atomic E-state index is 12.6. The molecule has 3 amide bonds. The summed E-state index contributed by atoms with van der Waals surface area (Å²) in [7, 11) is 0. The van der Waals surface area contributed by atoms with Crippen LogP contribution in [0.15, 0.2) is 10.3 Å². The van der Waals surface area contributed by atoms with Gasteiger partial charge in [0.1, 0.15) is 0 Å². The number of hydrogen-bond acceptors (Lipinski definition) is 11. The summed E-state index contributed by atoms with van der Waals surface area (Å²) < 4.78 is 10.7. The molecule has 0 bridgehead atoms. The van der Waals surface area contributed by atoms with Crippen molar-refractivity contribution >= 4 is 29.1 Å². The van der Waals surface area contributed by atoms with Crippen LogP contribution in [0.5, 0.6) is 0 Å². The maximum absolute atomic E-state index is 12.6. The van der Waals surface area contributed by atoms with Crippen molar-refractivity contribution < 1.29 is 34.3 Å². The van der Waals surface area contributed by atoms with E-state index >= 15 is 0 Å². The topological polar surface area (TPSA) is 195 Å². The van der Waals surface area contributed by atoms with Crippen LogP contribution >= 0.6 is 0 Å². The van der Waals surface area contributed by atoms with Gasteiger partial charge in [0.2, 0.25) is 17.7 Å². The third-order valence-electron chi connectivity index (χ3n) is 6.88. The molecule has 0 aromatic heterocycles. The number of carbonyl (C=O) groups is 3. The zero-order valence-electron chi connectivity index (χ0n) is 26.1. The molecule has 0 spiro atoms. The molecule has 41 heavy (non-hydrogen) atoms. The van der Waals surface area contributed by atoms with E-state index in [1.807, 2.05) is 34.6 Å². The molecule has 0 fully saturated rings. The molecule has 0 atom stereocenters. The van der Waals surface area contributed by atoms with Gasteiger partial charge in [-0.25, -0.2) is 0 Å². The summed E-state index contributed by atoms with van der Waals surface area (Å²) in [5.41, 5.74) is -0.614. The van der Waals surface area contributed by atoms with E-state index < -0.39 is 16.5 Å². The summed E-state index contributed by atoms with van der Waals surface area (Å²) in [5, 5.41) is 40.1. The second-order valence-corrected chi connectivity index (χ2v) is 11.5. The first-order valence-corrected chi connectivity index (χ1v) is 13.9. The smallest absolute Gasteiger partial charge is 0.220 e. The molecular weight excluding hydrogens is 534 g/mol. The van der Waals surface area contributed by atoms with Gasteiger partial charge in [-0.05, 0) is 41.5 Å². The first-order valence-electron chi connectivity index (χ1n) is 13.9. The summed E-state index contributed by atoms with van der Waals surface area (Å²) in [6.07, 6.45) is 0.0823. The third-order valence-corrected chi connectivity index (χ3v) is 6.88. The van der Waals surface area contributed by atoms with E-state index in [0.717, 1.165) is 0 Å². The lowest BCUT2D eigenvalue weighted by Crippen LogP contribution is -2.57. The lowest BCUT2D eigenvalue weighted by molar-refractivity contribution is -0.126. The van der Waals surface area contributed by atoms with Crippen LogP contribution in [-0.2, 0) is 23.9 Å². The average Bonchev–Trinajstić information content (AvgIpc) is 2.92. The number of hydrogen-bond donors (Lipinski definition) is 7. The Morgan fingerprint density at radius 3 is 1.46 bits per heavy atom.